The second-order valence-electron chi connectivity index (χ2n) is 5.05. The van der Waals surface area contributed by atoms with E-state index < -0.39 is 17.7 Å². The number of aliphatic hydroxyl groups is 1. The lowest BCUT2D eigenvalue weighted by molar-refractivity contribution is -0.147. The van der Waals surface area contributed by atoms with Crippen molar-refractivity contribution in [3.8, 4) is 0 Å². The van der Waals surface area contributed by atoms with Crippen LogP contribution < -0.4 is 0 Å². The molecule has 0 saturated carbocycles. The van der Waals surface area contributed by atoms with Crippen LogP contribution >= 0.6 is 0 Å². The maximum absolute atomic E-state index is 11.5. The number of Topliss-reactive ketones (excluding diaryl/α,β-unsaturated/α-hetero) is 1. The Bertz CT molecular complexity index is 453. The lowest BCUT2D eigenvalue weighted by Crippen LogP contribution is -2.43. The lowest BCUT2D eigenvalue weighted by Gasteiger charge is -2.26. The maximum atomic E-state index is 11.5. The molecule has 2 aliphatic rings. The first kappa shape index (κ1) is 14.9. The fraction of sp³-hybridized carbons (Fsp3) is 0.571. The van der Waals surface area contributed by atoms with Crippen LogP contribution in [0.1, 0.15) is 19.3 Å². The molecule has 1 heterocycles. The van der Waals surface area contributed by atoms with Gasteiger partial charge in [-0.15, -0.1) is 0 Å². The number of rotatable bonds is 6. The third-order valence-electron chi connectivity index (χ3n) is 3.53. The van der Waals surface area contributed by atoms with Crippen molar-refractivity contribution in [1.29, 1.82) is 0 Å². The highest BCUT2D eigenvalue weighted by molar-refractivity contribution is 5.97. The van der Waals surface area contributed by atoms with E-state index in [-0.39, 0.29) is 31.8 Å². The molecular formula is C14H18O6. The van der Waals surface area contributed by atoms with Gasteiger partial charge in [0.25, 0.3) is 0 Å². The third-order valence-corrected chi connectivity index (χ3v) is 3.53. The van der Waals surface area contributed by atoms with Crippen molar-refractivity contribution in [1.82, 2.24) is 0 Å². The second-order valence-corrected chi connectivity index (χ2v) is 5.05. The van der Waals surface area contributed by atoms with E-state index in [1.165, 1.54) is 0 Å². The fourth-order valence-electron chi connectivity index (χ4n) is 2.35. The van der Waals surface area contributed by atoms with Gasteiger partial charge in [0.15, 0.2) is 5.78 Å². The highest BCUT2D eigenvalue weighted by Gasteiger charge is 2.44. The number of allylic oxidation sites excluding steroid dienone is 3. The molecule has 1 aliphatic heterocycles. The average molecular weight is 282 g/mol. The molecule has 1 fully saturated rings. The molecule has 1 aliphatic carbocycles. The van der Waals surface area contributed by atoms with Crippen molar-refractivity contribution in [2.75, 3.05) is 19.8 Å². The summed E-state index contributed by atoms with van der Waals surface area (Å²) in [5.41, 5.74) is -0.816. The number of ketones is 1. The maximum Gasteiger partial charge on any atom is 0.306 e. The molecule has 1 saturated heterocycles. The summed E-state index contributed by atoms with van der Waals surface area (Å²) in [6, 6.07) is 0. The summed E-state index contributed by atoms with van der Waals surface area (Å²) in [4.78, 5) is 22.3. The summed E-state index contributed by atoms with van der Waals surface area (Å²) >= 11 is 0. The van der Waals surface area contributed by atoms with Gasteiger partial charge in [0.2, 0.25) is 0 Å². The van der Waals surface area contributed by atoms with Crippen LogP contribution in [0, 0.1) is 0 Å². The monoisotopic (exact) mass is 282 g/mol. The van der Waals surface area contributed by atoms with Crippen molar-refractivity contribution in [3.05, 3.63) is 23.8 Å². The molecule has 0 amide bonds. The van der Waals surface area contributed by atoms with Gasteiger partial charge in [0.05, 0.1) is 26.2 Å². The van der Waals surface area contributed by atoms with Crippen molar-refractivity contribution in [3.63, 3.8) is 0 Å². The zero-order valence-corrected chi connectivity index (χ0v) is 11.1. The van der Waals surface area contributed by atoms with E-state index in [0.29, 0.717) is 18.6 Å². The predicted octanol–water partition coefficient (Wildman–Crippen LogP) is 0.453. The first-order chi connectivity index (χ1) is 9.51. The van der Waals surface area contributed by atoms with Crippen LogP contribution in [0.3, 0.4) is 0 Å². The highest BCUT2D eigenvalue weighted by atomic mass is 16.5. The first-order valence-corrected chi connectivity index (χ1v) is 6.54. The van der Waals surface area contributed by atoms with E-state index in [0.717, 1.165) is 0 Å². The summed E-state index contributed by atoms with van der Waals surface area (Å²) in [6.07, 6.45) is 4.88. The van der Waals surface area contributed by atoms with E-state index in [9.17, 15) is 14.7 Å². The van der Waals surface area contributed by atoms with Crippen molar-refractivity contribution >= 4 is 11.8 Å². The Balaban J connectivity index is 1.84. The van der Waals surface area contributed by atoms with Crippen LogP contribution in [0.5, 0.6) is 0 Å². The normalized spacial score (nSPS) is 29.6. The van der Waals surface area contributed by atoms with E-state index >= 15 is 0 Å². The molecule has 2 rings (SSSR count). The molecule has 0 bridgehead atoms. The van der Waals surface area contributed by atoms with Gasteiger partial charge in [0, 0.05) is 18.4 Å². The van der Waals surface area contributed by atoms with Gasteiger partial charge in [0.1, 0.15) is 11.7 Å². The number of hydrogen-bond donors (Lipinski definition) is 2. The minimum absolute atomic E-state index is 0.0145. The van der Waals surface area contributed by atoms with Gasteiger partial charge in [-0.25, -0.2) is 0 Å². The third kappa shape index (κ3) is 3.53. The quantitative estimate of drug-likeness (QED) is 0.735. The largest absolute Gasteiger partial charge is 0.481 e. The van der Waals surface area contributed by atoms with E-state index in [1.807, 2.05) is 0 Å². The molecule has 0 aromatic heterocycles. The number of carbonyl (C=O) groups is 2. The summed E-state index contributed by atoms with van der Waals surface area (Å²) in [7, 11) is 0. The van der Waals surface area contributed by atoms with Crippen LogP contribution in [-0.4, -0.2) is 53.5 Å². The number of carboxylic acids is 1. The summed E-state index contributed by atoms with van der Waals surface area (Å²) in [5, 5.41) is 19.0. The predicted molar refractivity (Wildman–Crippen MR) is 69.2 cm³/mol. The summed E-state index contributed by atoms with van der Waals surface area (Å²) in [5.74, 6) is -1.06. The standard InChI is InChI=1S/C14H18O6/c15-11-4-2-1-3-10(11)8-19-9-12-14(18,5-6-20-12)7-13(16)17/h1-3,12,18H,4-9H2,(H,16,17)/t12-,14-/m1/s1. The van der Waals surface area contributed by atoms with Crippen LogP contribution in [0.15, 0.2) is 23.8 Å². The SMILES string of the molecule is O=C(O)C[C@]1(O)CCO[C@@H]1COCC1=CC=CCC1=O. The smallest absolute Gasteiger partial charge is 0.306 e. The van der Waals surface area contributed by atoms with Crippen molar-refractivity contribution in [2.24, 2.45) is 0 Å². The Kier molecular flexibility index (Phi) is 4.69. The van der Waals surface area contributed by atoms with Gasteiger partial charge in [-0.05, 0) is 0 Å². The number of hydrogen-bond acceptors (Lipinski definition) is 5. The summed E-state index contributed by atoms with van der Waals surface area (Å²) < 4.78 is 10.7. The van der Waals surface area contributed by atoms with Gasteiger partial charge in [-0.3, -0.25) is 9.59 Å². The minimum atomic E-state index is -1.39. The molecule has 6 nitrogen and oxygen atoms in total. The molecular weight excluding hydrogens is 264 g/mol. The number of aliphatic carboxylic acids is 1. The topological polar surface area (TPSA) is 93.1 Å². The molecule has 0 spiro atoms. The first-order valence-electron chi connectivity index (χ1n) is 6.54. The molecule has 110 valence electrons. The molecule has 0 radical (unpaired) electrons. The van der Waals surface area contributed by atoms with Gasteiger partial charge in [-0.2, -0.15) is 0 Å². The van der Waals surface area contributed by atoms with Gasteiger partial charge < -0.3 is 19.7 Å². The fourth-order valence-corrected chi connectivity index (χ4v) is 2.35. The molecule has 2 atom stereocenters. The number of ether oxygens (including phenoxy) is 2. The molecule has 20 heavy (non-hydrogen) atoms. The number of carboxylic acid groups (broad SMARTS) is 1. The summed E-state index contributed by atoms with van der Waals surface area (Å²) in [6.45, 7) is 0.520. The molecule has 0 aromatic rings. The minimum Gasteiger partial charge on any atom is -0.481 e. The molecule has 0 aromatic carbocycles. The Hall–Kier alpha value is -1.50. The van der Waals surface area contributed by atoms with E-state index in [4.69, 9.17) is 14.6 Å². The Labute approximate surface area is 116 Å². The van der Waals surface area contributed by atoms with Crippen molar-refractivity contribution < 1.29 is 29.3 Å². The molecule has 0 unspecified atom stereocenters. The van der Waals surface area contributed by atoms with Crippen LogP contribution in [0.25, 0.3) is 0 Å². The Morgan fingerprint density at radius 1 is 1.55 bits per heavy atom. The second kappa shape index (κ2) is 6.30. The van der Waals surface area contributed by atoms with Crippen molar-refractivity contribution in [2.45, 2.75) is 31.0 Å². The van der Waals surface area contributed by atoms with Crippen LogP contribution in [0.2, 0.25) is 0 Å². The van der Waals surface area contributed by atoms with Crippen LogP contribution in [-0.2, 0) is 19.1 Å². The van der Waals surface area contributed by atoms with Gasteiger partial charge >= 0.3 is 5.97 Å². The van der Waals surface area contributed by atoms with Gasteiger partial charge in [-0.1, -0.05) is 18.2 Å². The van der Waals surface area contributed by atoms with Crippen LogP contribution in [0.4, 0.5) is 0 Å². The zero-order chi connectivity index (χ0) is 14.6. The molecule has 2 N–H and O–H groups in total. The lowest BCUT2D eigenvalue weighted by atomic mass is 9.92. The highest BCUT2D eigenvalue weighted by Crippen LogP contribution is 2.29. The zero-order valence-electron chi connectivity index (χ0n) is 11.1. The van der Waals surface area contributed by atoms with E-state index in [2.05, 4.69) is 0 Å². The van der Waals surface area contributed by atoms with E-state index in [1.54, 1.807) is 18.2 Å². The Morgan fingerprint density at radius 2 is 2.35 bits per heavy atom. The Morgan fingerprint density at radius 3 is 3.05 bits per heavy atom. The molecule has 6 heteroatoms. The number of carbonyl (C=O) groups excluding carboxylic acids is 1. The average Bonchev–Trinajstić information content (AvgIpc) is 2.72.